The molecule has 0 unspecified atom stereocenters. The third-order valence-electron chi connectivity index (χ3n) is 3.30. The maximum absolute atomic E-state index is 11.8. The van der Waals surface area contributed by atoms with Gasteiger partial charge in [0.2, 0.25) is 0 Å². The molecule has 1 aromatic carbocycles. The smallest absolute Gasteiger partial charge is 0.432 e. The summed E-state index contributed by atoms with van der Waals surface area (Å²) in [6.45, 7) is 7.37. The number of hydrogen-bond donors (Lipinski definition) is 0. The van der Waals surface area contributed by atoms with Crippen molar-refractivity contribution in [1.29, 1.82) is 0 Å². The van der Waals surface area contributed by atoms with E-state index >= 15 is 0 Å². The minimum Gasteiger partial charge on any atom is -0.432 e. The summed E-state index contributed by atoms with van der Waals surface area (Å²) in [6, 6.07) is 5.28. The highest BCUT2D eigenvalue weighted by Gasteiger charge is 2.18. The third kappa shape index (κ3) is 6.66. The van der Waals surface area contributed by atoms with E-state index in [1.54, 1.807) is 26.2 Å². The second kappa shape index (κ2) is 8.50. The lowest BCUT2D eigenvalue weighted by Gasteiger charge is -2.21. The first kappa shape index (κ1) is 18.9. The fraction of sp³-hybridized carbons (Fsp3) is 0.500. The molecule has 1 aromatic rings. The average Bonchev–Trinajstić information content (AvgIpc) is 2.49. The summed E-state index contributed by atoms with van der Waals surface area (Å²) in [5, 5.41) is 4.16. The second-order valence-electron chi connectivity index (χ2n) is 5.65. The number of carbonyl (C=O) groups is 2. The fourth-order valence-electron chi connectivity index (χ4n) is 1.58. The van der Waals surface area contributed by atoms with Crippen molar-refractivity contribution in [2.45, 2.75) is 39.7 Å². The largest absolute Gasteiger partial charge is 0.543 e. The van der Waals surface area contributed by atoms with E-state index in [9.17, 15) is 9.59 Å². The number of hydrogen-bond acceptors (Lipinski definition) is 7. The van der Waals surface area contributed by atoms with Gasteiger partial charge in [0.15, 0.2) is 0 Å². The van der Waals surface area contributed by atoms with E-state index in [1.165, 1.54) is 0 Å². The van der Waals surface area contributed by atoms with Crippen molar-refractivity contribution < 1.29 is 33.9 Å². The Morgan fingerprint density at radius 2 is 1.83 bits per heavy atom. The zero-order valence-electron chi connectivity index (χ0n) is 14.0. The van der Waals surface area contributed by atoms with Crippen LogP contribution in [0.4, 0.5) is 4.79 Å². The number of ether oxygens (including phenoxy) is 2. The van der Waals surface area contributed by atoms with Crippen LogP contribution in [0, 0.1) is 13.8 Å². The van der Waals surface area contributed by atoms with Gasteiger partial charge in [0.1, 0.15) is 0 Å². The molecule has 0 saturated carbocycles. The highest BCUT2D eigenvalue weighted by Crippen LogP contribution is 2.13. The maximum atomic E-state index is 11.8. The van der Waals surface area contributed by atoms with E-state index in [2.05, 4.69) is 14.8 Å². The molecule has 0 aliphatic heterocycles. The molecule has 0 heterocycles. The SMILES string of the molecule is COC(C)(C)CCOC(=O)OOOC(=O)c1cc(C)ccc1C. The van der Waals surface area contributed by atoms with Crippen LogP contribution < -0.4 is 0 Å². The summed E-state index contributed by atoms with van der Waals surface area (Å²) < 4.78 is 9.92. The van der Waals surface area contributed by atoms with Gasteiger partial charge in [0.05, 0.1) is 22.8 Å². The van der Waals surface area contributed by atoms with Crippen molar-refractivity contribution in [3.63, 3.8) is 0 Å². The molecule has 0 aliphatic rings. The van der Waals surface area contributed by atoms with Crippen molar-refractivity contribution in [2.24, 2.45) is 0 Å². The monoisotopic (exact) mass is 326 g/mol. The molecule has 0 N–H and O–H groups in total. The quantitative estimate of drug-likeness (QED) is 0.432. The van der Waals surface area contributed by atoms with Crippen LogP contribution >= 0.6 is 0 Å². The van der Waals surface area contributed by atoms with Crippen LogP contribution in [0.3, 0.4) is 0 Å². The van der Waals surface area contributed by atoms with Gasteiger partial charge in [-0.25, -0.2) is 14.5 Å². The van der Waals surface area contributed by atoms with E-state index in [1.807, 2.05) is 26.8 Å². The number of rotatable bonds is 7. The lowest BCUT2D eigenvalue weighted by Crippen LogP contribution is -2.25. The third-order valence-corrected chi connectivity index (χ3v) is 3.30. The first-order chi connectivity index (χ1) is 10.7. The predicted octanol–water partition coefficient (Wildman–Crippen LogP) is 3.28. The molecule has 0 amide bonds. The molecule has 23 heavy (non-hydrogen) atoms. The van der Waals surface area contributed by atoms with Crippen molar-refractivity contribution in [1.82, 2.24) is 0 Å². The molecule has 0 aromatic heterocycles. The van der Waals surface area contributed by atoms with Gasteiger partial charge in [-0.15, -0.1) is 0 Å². The number of benzene rings is 1. The molecule has 0 spiro atoms. The van der Waals surface area contributed by atoms with Gasteiger partial charge in [-0.1, -0.05) is 17.7 Å². The van der Waals surface area contributed by atoms with Gasteiger partial charge >= 0.3 is 12.1 Å². The summed E-state index contributed by atoms with van der Waals surface area (Å²) in [6.07, 6.45) is -0.633. The van der Waals surface area contributed by atoms with Crippen molar-refractivity contribution >= 4 is 12.1 Å². The second-order valence-corrected chi connectivity index (χ2v) is 5.65. The average molecular weight is 326 g/mol. The first-order valence-corrected chi connectivity index (χ1v) is 7.10. The summed E-state index contributed by atoms with van der Waals surface area (Å²) >= 11 is 0. The van der Waals surface area contributed by atoms with Gasteiger partial charge in [0, 0.05) is 13.5 Å². The van der Waals surface area contributed by atoms with Gasteiger partial charge in [-0.3, -0.25) is 4.89 Å². The number of aryl methyl sites for hydroxylation is 2. The highest BCUT2D eigenvalue weighted by atomic mass is 17.5. The summed E-state index contributed by atoms with van der Waals surface area (Å²) in [4.78, 5) is 31.7. The minimum atomic E-state index is -1.11. The molecule has 7 nitrogen and oxygen atoms in total. The van der Waals surface area contributed by atoms with E-state index in [0.29, 0.717) is 17.5 Å². The van der Waals surface area contributed by atoms with E-state index in [0.717, 1.165) is 5.56 Å². The molecule has 0 fully saturated rings. The van der Waals surface area contributed by atoms with Crippen molar-refractivity contribution in [3.05, 3.63) is 34.9 Å². The van der Waals surface area contributed by atoms with E-state index < -0.39 is 17.7 Å². The normalized spacial score (nSPS) is 11.0. The molecule has 0 saturated heterocycles. The zero-order valence-corrected chi connectivity index (χ0v) is 14.0. The fourth-order valence-corrected chi connectivity index (χ4v) is 1.58. The Morgan fingerprint density at radius 3 is 2.48 bits per heavy atom. The molecule has 0 bridgehead atoms. The van der Waals surface area contributed by atoms with Crippen LogP contribution in [0.1, 0.15) is 41.8 Å². The highest BCUT2D eigenvalue weighted by molar-refractivity contribution is 5.90. The molecule has 7 heteroatoms. The zero-order chi connectivity index (χ0) is 17.5. The Kier molecular flexibility index (Phi) is 6.99. The van der Waals surface area contributed by atoms with Gasteiger partial charge in [-0.05, 0) is 39.3 Å². The van der Waals surface area contributed by atoms with Crippen LogP contribution in [-0.4, -0.2) is 31.4 Å². The van der Waals surface area contributed by atoms with Crippen LogP contribution in [0.2, 0.25) is 0 Å². The van der Waals surface area contributed by atoms with Gasteiger partial charge in [-0.2, -0.15) is 0 Å². The Balaban J connectivity index is 2.32. The molecule has 0 radical (unpaired) electrons. The van der Waals surface area contributed by atoms with Gasteiger partial charge < -0.3 is 9.47 Å². The Morgan fingerprint density at radius 1 is 1.13 bits per heavy atom. The lowest BCUT2D eigenvalue weighted by atomic mass is 10.1. The number of carbonyl (C=O) groups excluding carboxylic acids is 2. The van der Waals surface area contributed by atoms with Crippen molar-refractivity contribution in [2.75, 3.05) is 13.7 Å². The standard InChI is InChI=1S/C16H22O7/c1-11-6-7-12(2)13(10-11)14(17)21-23-22-15(18)20-9-8-16(3,4)19-5/h6-7,10H,8-9H2,1-5H3. The van der Waals surface area contributed by atoms with Crippen molar-refractivity contribution in [3.8, 4) is 0 Å². The molecule has 1 rings (SSSR count). The Hall–Kier alpha value is -2.12. The van der Waals surface area contributed by atoms with Crippen LogP contribution in [0.5, 0.6) is 0 Å². The first-order valence-electron chi connectivity index (χ1n) is 7.10. The predicted molar refractivity (Wildman–Crippen MR) is 80.6 cm³/mol. The summed E-state index contributed by atoms with van der Waals surface area (Å²) in [5.74, 6) is -0.764. The van der Waals surface area contributed by atoms with Gasteiger partial charge in [0.25, 0.3) is 0 Å². The summed E-state index contributed by atoms with van der Waals surface area (Å²) in [7, 11) is 1.56. The van der Waals surface area contributed by atoms with Crippen LogP contribution in [-0.2, 0) is 24.3 Å². The van der Waals surface area contributed by atoms with E-state index in [-0.39, 0.29) is 6.61 Å². The molecule has 0 atom stereocenters. The van der Waals surface area contributed by atoms with Crippen LogP contribution in [0.15, 0.2) is 18.2 Å². The molecular formula is C16H22O7. The molecule has 128 valence electrons. The minimum absolute atomic E-state index is 0.0773. The topological polar surface area (TPSA) is 80.3 Å². The molecule has 0 aliphatic carbocycles. The molecular weight excluding hydrogens is 304 g/mol. The van der Waals surface area contributed by atoms with Crippen LogP contribution in [0.25, 0.3) is 0 Å². The lowest BCUT2D eigenvalue weighted by molar-refractivity contribution is -0.452. The maximum Gasteiger partial charge on any atom is 0.543 e. The summed E-state index contributed by atoms with van der Waals surface area (Å²) in [5.41, 5.74) is 1.51. The van der Waals surface area contributed by atoms with E-state index in [4.69, 9.17) is 9.47 Å². The Bertz CT molecular complexity index is 551. The Labute approximate surface area is 135 Å². The number of methoxy groups -OCH3 is 1.